The molecule has 0 aliphatic rings. The molecule has 0 aromatic carbocycles. The Balaban J connectivity index is 5.19. The third-order valence-electron chi connectivity index (χ3n) is 1.65. The average molecular weight is 218 g/mol. The van der Waals surface area contributed by atoms with Crippen molar-refractivity contribution in [2.75, 3.05) is 13.2 Å². The van der Waals surface area contributed by atoms with Crippen LogP contribution in [0.1, 0.15) is 20.8 Å². The molecule has 0 saturated heterocycles. The molecular formula is C9H14O6. The second-order valence-electron chi connectivity index (χ2n) is 2.67. The van der Waals surface area contributed by atoms with E-state index in [1.165, 1.54) is 13.8 Å². The number of Topliss-reactive ketones (excluding diaryl/α,β-unsaturated/α-hetero) is 2. The fraction of sp³-hybridized carbons (Fsp3) is 0.667. The number of hydrogen-bond acceptors (Lipinski definition) is 5. The van der Waals surface area contributed by atoms with E-state index in [0.717, 1.165) is 6.92 Å². The molecule has 6 heteroatoms. The van der Waals surface area contributed by atoms with E-state index < -0.39 is 23.3 Å². The smallest absolute Gasteiger partial charge is 0.378 e. The van der Waals surface area contributed by atoms with Crippen molar-refractivity contribution in [1.82, 2.24) is 0 Å². The van der Waals surface area contributed by atoms with Crippen molar-refractivity contribution in [1.29, 1.82) is 0 Å². The molecule has 0 amide bonds. The van der Waals surface area contributed by atoms with Crippen LogP contribution in [0.2, 0.25) is 0 Å². The van der Waals surface area contributed by atoms with Gasteiger partial charge in [0.05, 0.1) is 0 Å². The lowest BCUT2D eigenvalue weighted by molar-refractivity contribution is -0.221. The van der Waals surface area contributed by atoms with Gasteiger partial charge in [0.2, 0.25) is 0 Å². The van der Waals surface area contributed by atoms with E-state index in [9.17, 15) is 14.4 Å². The van der Waals surface area contributed by atoms with E-state index >= 15 is 0 Å². The number of ketones is 2. The molecule has 0 bridgehead atoms. The summed E-state index contributed by atoms with van der Waals surface area (Å²) in [5, 5.41) is 8.56. The maximum absolute atomic E-state index is 11.3. The Morgan fingerprint density at radius 3 is 1.73 bits per heavy atom. The van der Waals surface area contributed by atoms with E-state index in [2.05, 4.69) is 0 Å². The van der Waals surface area contributed by atoms with Crippen LogP contribution >= 0.6 is 0 Å². The summed E-state index contributed by atoms with van der Waals surface area (Å²) < 4.78 is 9.70. The van der Waals surface area contributed by atoms with Crippen molar-refractivity contribution in [2.24, 2.45) is 0 Å². The van der Waals surface area contributed by atoms with E-state index in [-0.39, 0.29) is 13.2 Å². The standard InChI is InChI=1S/C9H14O6/c1-4-14-9(6(3)10,15-5-2)7(11)8(12)13/h4-5H2,1-3H3,(H,12,13). The first-order valence-corrected chi connectivity index (χ1v) is 4.49. The molecule has 0 aromatic rings. The first-order valence-electron chi connectivity index (χ1n) is 4.49. The average Bonchev–Trinajstić information content (AvgIpc) is 2.15. The molecule has 0 aliphatic heterocycles. The molecule has 0 heterocycles. The van der Waals surface area contributed by atoms with Crippen LogP contribution in [0.5, 0.6) is 0 Å². The van der Waals surface area contributed by atoms with Gasteiger partial charge in [-0.1, -0.05) is 0 Å². The molecule has 15 heavy (non-hydrogen) atoms. The minimum Gasteiger partial charge on any atom is -0.475 e. The van der Waals surface area contributed by atoms with Crippen LogP contribution in [-0.2, 0) is 23.9 Å². The fourth-order valence-electron chi connectivity index (χ4n) is 1.08. The molecule has 0 saturated carbocycles. The number of carboxylic acids is 1. The van der Waals surface area contributed by atoms with Crippen LogP contribution in [-0.4, -0.2) is 41.6 Å². The van der Waals surface area contributed by atoms with Gasteiger partial charge >= 0.3 is 17.5 Å². The van der Waals surface area contributed by atoms with E-state index in [4.69, 9.17) is 14.6 Å². The molecular weight excluding hydrogens is 204 g/mol. The van der Waals surface area contributed by atoms with Gasteiger partial charge in [0.1, 0.15) is 0 Å². The monoisotopic (exact) mass is 218 g/mol. The first-order chi connectivity index (χ1) is 6.92. The maximum Gasteiger partial charge on any atom is 0.378 e. The Bertz CT molecular complexity index is 264. The minimum atomic E-state index is -2.30. The summed E-state index contributed by atoms with van der Waals surface area (Å²) in [5.41, 5.74) is 0. The Labute approximate surface area is 87.2 Å². The van der Waals surface area contributed by atoms with Crippen molar-refractivity contribution in [2.45, 2.75) is 26.6 Å². The quantitative estimate of drug-likeness (QED) is 0.367. The molecule has 86 valence electrons. The predicted molar refractivity (Wildman–Crippen MR) is 49.3 cm³/mol. The highest BCUT2D eigenvalue weighted by molar-refractivity contribution is 6.40. The van der Waals surface area contributed by atoms with E-state index in [1.54, 1.807) is 0 Å². The summed E-state index contributed by atoms with van der Waals surface area (Å²) in [5.74, 6) is -6.24. The van der Waals surface area contributed by atoms with Crippen LogP contribution in [0.3, 0.4) is 0 Å². The topological polar surface area (TPSA) is 89.9 Å². The summed E-state index contributed by atoms with van der Waals surface area (Å²) >= 11 is 0. The Kier molecular flexibility index (Phi) is 5.10. The lowest BCUT2D eigenvalue weighted by Gasteiger charge is -2.26. The molecule has 0 radical (unpaired) electrons. The minimum absolute atomic E-state index is 0.00139. The molecule has 0 atom stereocenters. The third kappa shape index (κ3) is 2.84. The van der Waals surface area contributed by atoms with Gasteiger partial charge < -0.3 is 14.6 Å². The van der Waals surface area contributed by atoms with Crippen molar-refractivity contribution < 1.29 is 29.0 Å². The fourth-order valence-corrected chi connectivity index (χ4v) is 1.08. The largest absolute Gasteiger partial charge is 0.475 e. The van der Waals surface area contributed by atoms with Gasteiger partial charge in [-0.3, -0.25) is 9.59 Å². The van der Waals surface area contributed by atoms with E-state index in [0.29, 0.717) is 0 Å². The van der Waals surface area contributed by atoms with Crippen LogP contribution in [0, 0.1) is 0 Å². The van der Waals surface area contributed by atoms with Gasteiger partial charge in [-0.25, -0.2) is 4.79 Å². The van der Waals surface area contributed by atoms with Gasteiger partial charge in [0.15, 0.2) is 5.78 Å². The first kappa shape index (κ1) is 13.7. The molecule has 6 nitrogen and oxygen atoms in total. The number of ether oxygens (including phenoxy) is 2. The number of carboxylic acid groups (broad SMARTS) is 1. The van der Waals surface area contributed by atoms with Crippen LogP contribution in [0.15, 0.2) is 0 Å². The number of rotatable bonds is 7. The Morgan fingerprint density at radius 2 is 1.53 bits per heavy atom. The number of aliphatic carboxylic acids is 1. The molecule has 0 spiro atoms. The van der Waals surface area contributed by atoms with Crippen molar-refractivity contribution in [3.63, 3.8) is 0 Å². The Morgan fingerprint density at radius 1 is 1.13 bits per heavy atom. The zero-order chi connectivity index (χ0) is 12.1. The van der Waals surface area contributed by atoms with Gasteiger partial charge in [-0.2, -0.15) is 0 Å². The lowest BCUT2D eigenvalue weighted by atomic mass is 10.1. The summed E-state index contributed by atoms with van der Waals surface area (Å²) in [6.07, 6.45) is 0. The molecule has 1 N–H and O–H groups in total. The highest BCUT2D eigenvalue weighted by atomic mass is 16.7. The number of carbonyl (C=O) groups is 3. The van der Waals surface area contributed by atoms with Gasteiger partial charge in [0, 0.05) is 20.1 Å². The molecule has 0 aliphatic carbocycles. The highest BCUT2D eigenvalue weighted by Gasteiger charge is 2.49. The SMILES string of the molecule is CCOC(OCC)(C(C)=O)C(=O)C(=O)O. The lowest BCUT2D eigenvalue weighted by Crippen LogP contribution is -2.53. The molecule has 0 fully saturated rings. The second kappa shape index (κ2) is 5.57. The van der Waals surface area contributed by atoms with Crippen LogP contribution in [0.4, 0.5) is 0 Å². The van der Waals surface area contributed by atoms with Gasteiger partial charge in [0.25, 0.3) is 0 Å². The summed E-state index contributed by atoms with van der Waals surface area (Å²) in [6.45, 7) is 4.11. The normalized spacial score (nSPS) is 11.1. The van der Waals surface area contributed by atoms with E-state index in [1.807, 2.05) is 0 Å². The van der Waals surface area contributed by atoms with Crippen LogP contribution in [0.25, 0.3) is 0 Å². The predicted octanol–water partition coefficient (Wildman–Crippen LogP) is -0.00160. The van der Waals surface area contributed by atoms with Crippen molar-refractivity contribution in [3.8, 4) is 0 Å². The molecule has 0 aromatic heterocycles. The summed E-state index contributed by atoms with van der Waals surface area (Å²) in [4.78, 5) is 33.1. The van der Waals surface area contributed by atoms with Crippen LogP contribution < -0.4 is 0 Å². The molecule has 0 unspecified atom stereocenters. The van der Waals surface area contributed by atoms with Crippen molar-refractivity contribution >= 4 is 17.5 Å². The zero-order valence-corrected chi connectivity index (χ0v) is 8.90. The second-order valence-corrected chi connectivity index (χ2v) is 2.67. The summed E-state index contributed by atoms with van der Waals surface area (Å²) in [6, 6.07) is 0. The van der Waals surface area contributed by atoms with Gasteiger partial charge in [-0.05, 0) is 13.8 Å². The highest BCUT2D eigenvalue weighted by Crippen LogP contribution is 2.17. The van der Waals surface area contributed by atoms with Crippen molar-refractivity contribution in [3.05, 3.63) is 0 Å². The zero-order valence-electron chi connectivity index (χ0n) is 8.90. The Hall–Kier alpha value is -1.27. The molecule has 0 rings (SSSR count). The maximum atomic E-state index is 11.3. The number of carbonyl (C=O) groups excluding carboxylic acids is 2. The summed E-state index contributed by atoms with van der Waals surface area (Å²) in [7, 11) is 0. The third-order valence-corrected chi connectivity index (χ3v) is 1.65. The van der Waals surface area contributed by atoms with Gasteiger partial charge in [-0.15, -0.1) is 0 Å². The number of hydrogen-bond donors (Lipinski definition) is 1.